The lowest BCUT2D eigenvalue weighted by Crippen LogP contribution is -2.39. The molecule has 1 aliphatic heterocycles. The number of aromatic amines is 1. The second-order valence-electron chi connectivity index (χ2n) is 7.03. The lowest BCUT2D eigenvalue weighted by atomic mass is 9.96. The molecule has 124 valence electrons. The normalized spacial score (nSPS) is 19.9. The number of ether oxygens (including phenoxy) is 1. The molecule has 3 rings (SSSR count). The van der Waals surface area contributed by atoms with Crippen molar-refractivity contribution in [2.45, 2.75) is 38.7 Å². The smallest absolute Gasteiger partial charge is 0.156 e. The van der Waals surface area contributed by atoms with Crippen molar-refractivity contribution in [3.63, 3.8) is 0 Å². The van der Waals surface area contributed by atoms with Gasteiger partial charge in [-0.3, -0.25) is 15.0 Å². The number of pyridine rings is 1. The van der Waals surface area contributed by atoms with E-state index in [4.69, 9.17) is 4.74 Å². The molecule has 1 atom stereocenters. The van der Waals surface area contributed by atoms with E-state index in [1.165, 1.54) is 0 Å². The third-order valence-electron chi connectivity index (χ3n) is 4.04. The van der Waals surface area contributed by atoms with Gasteiger partial charge >= 0.3 is 0 Å². The maximum absolute atomic E-state index is 5.88. The fourth-order valence-electron chi connectivity index (χ4n) is 2.64. The van der Waals surface area contributed by atoms with Crippen LogP contribution in [0.25, 0.3) is 0 Å². The number of aromatic nitrogens is 4. The van der Waals surface area contributed by atoms with Crippen LogP contribution in [0.4, 0.5) is 0 Å². The molecule has 6 nitrogen and oxygen atoms in total. The fourth-order valence-corrected chi connectivity index (χ4v) is 2.64. The van der Waals surface area contributed by atoms with E-state index in [9.17, 15) is 0 Å². The molecule has 23 heavy (non-hydrogen) atoms. The van der Waals surface area contributed by atoms with E-state index in [0.717, 1.165) is 50.0 Å². The number of nitrogens with zero attached hydrogens (tertiary/aromatic N) is 4. The van der Waals surface area contributed by atoms with Crippen molar-refractivity contribution in [3.05, 3.63) is 41.7 Å². The van der Waals surface area contributed by atoms with Crippen LogP contribution in [0.3, 0.4) is 0 Å². The molecule has 0 amide bonds. The number of hydrogen-bond donors (Lipinski definition) is 1. The Hall–Kier alpha value is -1.79. The lowest BCUT2D eigenvalue weighted by molar-refractivity contribution is -0.0338. The highest BCUT2D eigenvalue weighted by atomic mass is 16.5. The number of morpholine rings is 1. The molecule has 0 radical (unpaired) electrons. The van der Waals surface area contributed by atoms with Gasteiger partial charge in [-0.2, -0.15) is 5.10 Å². The topological polar surface area (TPSA) is 66.9 Å². The van der Waals surface area contributed by atoms with Crippen molar-refractivity contribution in [2.24, 2.45) is 0 Å². The van der Waals surface area contributed by atoms with Crippen LogP contribution < -0.4 is 0 Å². The Morgan fingerprint density at radius 3 is 2.91 bits per heavy atom. The van der Waals surface area contributed by atoms with Crippen molar-refractivity contribution < 1.29 is 4.74 Å². The first-order valence-electron chi connectivity index (χ1n) is 8.19. The summed E-state index contributed by atoms with van der Waals surface area (Å²) >= 11 is 0. The van der Waals surface area contributed by atoms with E-state index < -0.39 is 0 Å². The standard InChI is InChI=1S/C17H25N5O/c1-17(2,3)16-19-15(20-21-16)14-12-22(10-11-23-14)9-7-13-6-4-5-8-18-13/h4-6,8,14H,7,9-12H2,1-3H3,(H,19,20,21)/t14-/m1/s1. The minimum Gasteiger partial charge on any atom is -0.368 e. The highest BCUT2D eigenvalue weighted by Gasteiger charge is 2.27. The number of rotatable bonds is 4. The molecule has 0 aliphatic carbocycles. The molecule has 6 heteroatoms. The number of nitrogens with one attached hydrogen (secondary N) is 1. The Morgan fingerprint density at radius 2 is 2.22 bits per heavy atom. The molecule has 0 unspecified atom stereocenters. The molecule has 0 saturated carbocycles. The molecule has 2 aromatic heterocycles. The van der Waals surface area contributed by atoms with Crippen LogP contribution in [0.5, 0.6) is 0 Å². The monoisotopic (exact) mass is 315 g/mol. The summed E-state index contributed by atoms with van der Waals surface area (Å²) in [6.07, 6.45) is 2.77. The van der Waals surface area contributed by atoms with E-state index >= 15 is 0 Å². The van der Waals surface area contributed by atoms with Gasteiger partial charge < -0.3 is 4.74 Å². The van der Waals surface area contributed by atoms with E-state index in [1.54, 1.807) is 0 Å². The molecular weight excluding hydrogens is 290 g/mol. The Kier molecular flexibility index (Phi) is 4.73. The molecule has 1 saturated heterocycles. The lowest BCUT2D eigenvalue weighted by Gasteiger charge is -2.31. The minimum atomic E-state index is -0.0535. The van der Waals surface area contributed by atoms with Gasteiger partial charge in [-0.25, -0.2) is 4.98 Å². The van der Waals surface area contributed by atoms with Crippen LogP contribution in [0.2, 0.25) is 0 Å². The zero-order valence-electron chi connectivity index (χ0n) is 14.1. The zero-order chi connectivity index (χ0) is 16.3. The van der Waals surface area contributed by atoms with Crippen molar-refractivity contribution in [3.8, 4) is 0 Å². The van der Waals surface area contributed by atoms with E-state index in [2.05, 4.69) is 51.9 Å². The van der Waals surface area contributed by atoms with Gasteiger partial charge in [0.15, 0.2) is 11.6 Å². The zero-order valence-corrected chi connectivity index (χ0v) is 14.1. The molecule has 1 N–H and O–H groups in total. The maximum Gasteiger partial charge on any atom is 0.156 e. The van der Waals surface area contributed by atoms with Crippen molar-refractivity contribution in [1.29, 1.82) is 0 Å². The van der Waals surface area contributed by atoms with Crippen molar-refractivity contribution in [1.82, 2.24) is 25.1 Å². The number of hydrogen-bond acceptors (Lipinski definition) is 5. The SMILES string of the molecule is CC(C)(C)c1n[nH]c([C@H]2CN(CCc3ccccn3)CCO2)n1. The Bertz CT molecular complexity index is 619. The second kappa shape index (κ2) is 6.76. The fraction of sp³-hybridized carbons (Fsp3) is 0.588. The van der Waals surface area contributed by atoms with E-state index in [1.807, 2.05) is 18.3 Å². The summed E-state index contributed by atoms with van der Waals surface area (Å²) in [5.74, 6) is 1.67. The van der Waals surface area contributed by atoms with Crippen LogP contribution >= 0.6 is 0 Å². The van der Waals surface area contributed by atoms with Gasteiger partial charge in [0.1, 0.15) is 6.10 Å². The molecule has 1 fully saturated rings. The summed E-state index contributed by atoms with van der Waals surface area (Å²) in [7, 11) is 0. The van der Waals surface area contributed by atoms with Crippen molar-refractivity contribution >= 4 is 0 Å². The molecule has 1 aliphatic rings. The predicted octanol–water partition coefficient (Wildman–Crippen LogP) is 2.11. The third-order valence-corrected chi connectivity index (χ3v) is 4.04. The first-order chi connectivity index (χ1) is 11.0. The Morgan fingerprint density at radius 1 is 1.35 bits per heavy atom. The summed E-state index contributed by atoms with van der Waals surface area (Å²) in [6, 6.07) is 6.06. The summed E-state index contributed by atoms with van der Waals surface area (Å²) < 4.78 is 5.88. The number of H-pyrrole nitrogens is 1. The van der Waals surface area contributed by atoms with Crippen LogP contribution in [-0.4, -0.2) is 51.3 Å². The summed E-state index contributed by atoms with van der Waals surface area (Å²) in [5.41, 5.74) is 1.08. The highest BCUT2D eigenvalue weighted by molar-refractivity contribution is 5.06. The van der Waals surface area contributed by atoms with Crippen LogP contribution in [0, 0.1) is 0 Å². The van der Waals surface area contributed by atoms with E-state index in [-0.39, 0.29) is 11.5 Å². The first-order valence-corrected chi connectivity index (χ1v) is 8.19. The second-order valence-corrected chi connectivity index (χ2v) is 7.03. The molecule has 2 aromatic rings. The van der Waals surface area contributed by atoms with Gasteiger partial charge in [0.2, 0.25) is 0 Å². The van der Waals surface area contributed by atoms with Gasteiger partial charge in [-0.1, -0.05) is 26.8 Å². The maximum atomic E-state index is 5.88. The third kappa shape index (κ3) is 4.14. The molecule has 0 bridgehead atoms. The van der Waals surface area contributed by atoms with Gasteiger partial charge in [-0.15, -0.1) is 0 Å². The molecular formula is C17H25N5O. The van der Waals surface area contributed by atoms with E-state index in [0.29, 0.717) is 0 Å². The first kappa shape index (κ1) is 16.1. The average Bonchev–Trinajstić information content (AvgIpc) is 3.05. The quantitative estimate of drug-likeness (QED) is 0.936. The predicted molar refractivity (Wildman–Crippen MR) is 88.2 cm³/mol. The Balaban J connectivity index is 1.59. The molecule has 3 heterocycles. The largest absolute Gasteiger partial charge is 0.368 e. The van der Waals surface area contributed by atoms with Gasteiger partial charge in [0.25, 0.3) is 0 Å². The summed E-state index contributed by atoms with van der Waals surface area (Å²) in [6.45, 7) is 9.83. The summed E-state index contributed by atoms with van der Waals surface area (Å²) in [4.78, 5) is 11.4. The molecule has 0 aromatic carbocycles. The van der Waals surface area contributed by atoms with Gasteiger partial charge in [0.05, 0.1) is 6.61 Å². The average molecular weight is 315 g/mol. The van der Waals surface area contributed by atoms with Crippen molar-refractivity contribution in [2.75, 3.05) is 26.2 Å². The van der Waals surface area contributed by atoms with Gasteiger partial charge in [0, 0.05) is 43.4 Å². The van der Waals surface area contributed by atoms with Gasteiger partial charge in [-0.05, 0) is 12.1 Å². The van der Waals surface area contributed by atoms with Crippen LogP contribution in [0.15, 0.2) is 24.4 Å². The minimum absolute atomic E-state index is 0.0314. The van der Waals surface area contributed by atoms with Crippen LogP contribution in [0.1, 0.15) is 44.2 Å². The molecule has 0 spiro atoms. The Labute approximate surface area is 137 Å². The highest BCUT2D eigenvalue weighted by Crippen LogP contribution is 2.23. The van der Waals surface area contributed by atoms with Crippen LogP contribution in [-0.2, 0) is 16.6 Å². The summed E-state index contributed by atoms with van der Waals surface area (Å²) in [5, 5.41) is 7.39.